The molecule has 6 heteroatoms. The van der Waals surface area contributed by atoms with Crippen molar-refractivity contribution in [2.45, 2.75) is 58.5 Å². The van der Waals surface area contributed by atoms with Gasteiger partial charge in [-0.15, -0.1) is 0 Å². The quantitative estimate of drug-likeness (QED) is 0.550. The van der Waals surface area contributed by atoms with Gasteiger partial charge in [-0.1, -0.05) is 36.6 Å². The molecule has 6 nitrogen and oxygen atoms in total. The van der Waals surface area contributed by atoms with Crippen molar-refractivity contribution in [2.24, 2.45) is 0 Å². The van der Waals surface area contributed by atoms with Crippen molar-refractivity contribution in [2.75, 3.05) is 39.7 Å². The number of carbonyl (C=O) groups is 1. The highest BCUT2D eigenvalue weighted by Crippen LogP contribution is 2.33. The Balaban J connectivity index is 1.56. The van der Waals surface area contributed by atoms with Crippen molar-refractivity contribution < 1.29 is 14.3 Å². The van der Waals surface area contributed by atoms with Crippen LogP contribution in [-0.4, -0.2) is 50.7 Å². The van der Waals surface area contributed by atoms with Gasteiger partial charge in [0.1, 0.15) is 0 Å². The van der Waals surface area contributed by atoms with Crippen molar-refractivity contribution in [3.05, 3.63) is 52.6 Å². The summed E-state index contributed by atoms with van der Waals surface area (Å²) in [6, 6.07) is 10.0. The molecule has 33 heavy (non-hydrogen) atoms. The van der Waals surface area contributed by atoms with E-state index in [1.807, 2.05) is 32.0 Å². The standard InChI is InChI=1S/C27H39N3O3/c1-19-13-20(2)26(21(3)14-19)29-25(31)17-33-23-10-9-22(15-24(23)32-6)16-28-18-27(30(4)5)11-7-8-12-27/h9-10,13-15,28H,7-8,11-12,16-18H2,1-6H3,(H,29,31). The number of rotatable bonds is 10. The average molecular weight is 454 g/mol. The summed E-state index contributed by atoms with van der Waals surface area (Å²) >= 11 is 0. The number of aryl methyl sites for hydroxylation is 3. The number of hydrogen-bond acceptors (Lipinski definition) is 5. The minimum Gasteiger partial charge on any atom is -0.493 e. The van der Waals surface area contributed by atoms with Crippen LogP contribution >= 0.6 is 0 Å². The van der Waals surface area contributed by atoms with Crippen molar-refractivity contribution in [1.82, 2.24) is 10.2 Å². The van der Waals surface area contributed by atoms with Crippen molar-refractivity contribution >= 4 is 11.6 Å². The van der Waals surface area contributed by atoms with E-state index < -0.39 is 0 Å². The molecule has 0 radical (unpaired) electrons. The molecule has 1 fully saturated rings. The molecule has 0 aliphatic heterocycles. The number of carbonyl (C=O) groups excluding carboxylic acids is 1. The molecule has 1 amide bonds. The average Bonchev–Trinajstić information content (AvgIpc) is 3.25. The summed E-state index contributed by atoms with van der Waals surface area (Å²) in [5.41, 5.74) is 5.50. The Morgan fingerprint density at radius 1 is 1.03 bits per heavy atom. The Kier molecular flexibility index (Phi) is 8.38. The molecule has 2 aromatic carbocycles. The monoisotopic (exact) mass is 453 g/mol. The lowest BCUT2D eigenvalue weighted by molar-refractivity contribution is -0.118. The van der Waals surface area contributed by atoms with E-state index >= 15 is 0 Å². The molecule has 180 valence electrons. The van der Waals surface area contributed by atoms with Crippen LogP contribution in [-0.2, 0) is 11.3 Å². The SMILES string of the molecule is COc1cc(CNCC2(N(C)C)CCCC2)ccc1OCC(=O)Nc1c(C)cc(C)cc1C. The predicted molar refractivity (Wildman–Crippen MR) is 134 cm³/mol. The molecule has 1 aliphatic rings. The van der Waals surface area contributed by atoms with Crippen molar-refractivity contribution in [1.29, 1.82) is 0 Å². The van der Waals surface area contributed by atoms with Gasteiger partial charge in [-0.05, 0) is 76.5 Å². The first-order valence-corrected chi connectivity index (χ1v) is 11.8. The summed E-state index contributed by atoms with van der Waals surface area (Å²) in [6.07, 6.45) is 5.09. The number of methoxy groups -OCH3 is 1. The lowest BCUT2D eigenvalue weighted by atomic mass is 9.96. The minimum atomic E-state index is -0.191. The molecular formula is C27H39N3O3. The van der Waals surface area contributed by atoms with Crippen LogP contribution in [0.25, 0.3) is 0 Å². The van der Waals surface area contributed by atoms with Crippen LogP contribution in [0.5, 0.6) is 11.5 Å². The van der Waals surface area contributed by atoms with Crippen LogP contribution in [0.4, 0.5) is 5.69 Å². The molecule has 0 unspecified atom stereocenters. The van der Waals surface area contributed by atoms with Gasteiger partial charge in [0, 0.05) is 24.3 Å². The number of ether oxygens (including phenoxy) is 2. The maximum atomic E-state index is 12.5. The van der Waals surface area contributed by atoms with E-state index in [9.17, 15) is 4.79 Å². The van der Waals surface area contributed by atoms with E-state index in [1.165, 1.54) is 31.2 Å². The second-order valence-corrected chi connectivity index (χ2v) is 9.53. The highest BCUT2D eigenvalue weighted by molar-refractivity contribution is 5.93. The lowest BCUT2D eigenvalue weighted by Crippen LogP contribution is -2.49. The van der Waals surface area contributed by atoms with Crippen LogP contribution in [0.3, 0.4) is 0 Å². The third-order valence-corrected chi connectivity index (χ3v) is 6.79. The molecule has 2 aromatic rings. The fourth-order valence-corrected chi connectivity index (χ4v) is 4.89. The van der Waals surface area contributed by atoms with E-state index in [2.05, 4.69) is 48.7 Å². The molecule has 0 saturated heterocycles. The number of nitrogens with zero attached hydrogens (tertiary/aromatic N) is 1. The number of hydrogen-bond donors (Lipinski definition) is 2. The van der Waals surface area contributed by atoms with Crippen molar-refractivity contribution in [3.63, 3.8) is 0 Å². The molecule has 2 N–H and O–H groups in total. The van der Waals surface area contributed by atoms with Crippen LogP contribution in [0.1, 0.15) is 47.9 Å². The third-order valence-electron chi connectivity index (χ3n) is 6.79. The number of likely N-dealkylation sites (N-methyl/N-ethyl adjacent to an activating group) is 1. The maximum Gasteiger partial charge on any atom is 0.262 e. The smallest absolute Gasteiger partial charge is 0.262 e. The highest BCUT2D eigenvalue weighted by Gasteiger charge is 2.35. The predicted octanol–water partition coefficient (Wildman–Crippen LogP) is 4.60. The molecule has 0 bridgehead atoms. The van der Waals surface area contributed by atoms with E-state index in [0.29, 0.717) is 11.5 Å². The van der Waals surface area contributed by atoms with Crippen LogP contribution in [0.2, 0.25) is 0 Å². The van der Waals surface area contributed by atoms with Gasteiger partial charge in [-0.3, -0.25) is 4.79 Å². The maximum absolute atomic E-state index is 12.5. The normalized spacial score (nSPS) is 15.0. The number of anilines is 1. The second kappa shape index (κ2) is 11.0. The van der Waals surface area contributed by atoms with Gasteiger partial charge in [0.15, 0.2) is 18.1 Å². The summed E-state index contributed by atoms with van der Waals surface area (Å²) in [4.78, 5) is 14.9. The molecule has 1 aliphatic carbocycles. The Bertz CT molecular complexity index is 942. The molecule has 0 aromatic heterocycles. The van der Waals surface area contributed by atoms with Gasteiger partial charge < -0.3 is 25.0 Å². The Labute approximate surface area is 198 Å². The van der Waals surface area contributed by atoms with E-state index in [4.69, 9.17) is 9.47 Å². The third kappa shape index (κ3) is 6.27. The Morgan fingerprint density at radius 3 is 2.30 bits per heavy atom. The summed E-state index contributed by atoms with van der Waals surface area (Å²) in [5.74, 6) is 1.01. The molecule has 0 heterocycles. The first-order valence-electron chi connectivity index (χ1n) is 11.8. The number of nitrogens with one attached hydrogen (secondary N) is 2. The number of benzene rings is 2. The molecular weight excluding hydrogens is 414 g/mol. The van der Waals surface area contributed by atoms with Gasteiger partial charge in [0.25, 0.3) is 5.91 Å². The van der Waals surface area contributed by atoms with Gasteiger partial charge in [0.05, 0.1) is 7.11 Å². The summed E-state index contributed by atoms with van der Waals surface area (Å²) in [6.45, 7) is 7.71. The van der Waals surface area contributed by atoms with Crippen LogP contribution in [0, 0.1) is 20.8 Å². The summed E-state index contributed by atoms with van der Waals surface area (Å²) in [5, 5.41) is 6.60. The topological polar surface area (TPSA) is 62.8 Å². The van der Waals surface area contributed by atoms with E-state index in [0.717, 1.165) is 35.5 Å². The second-order valence-electron chi connectivity index (χ2n) is 9.53. The zero-order chi connectivity index (χ0) is 24.0. The molecule has 1 saturated carbocycles. The highest BCUT2D eigenvalue weighted by atomic mass is 16.5. The van der Waals surface area contributed by atoms with E-state index in [1.54, 1.807) is 7.11 Å². The Morgan fingerprint density at radius 2 is 1.70 bits per heavy atom. The molecule has 0 spiro atoms. The van der Waals surface area contributed by atoms with Gasteiger partial charge in [-0.25, -0.2) is 0 Å². The van der Waals surface area contributed by atoms with Gasteiger partial charge in [-0.2, -0.15) is 0 Å². The Hall–Kier alpha value is -2.57. The van der Waals surface area contributed by atoms with E-state index in [-0.39, 0.29) is 18.1 Å². The minimum absolute atomic E-state index is 0.0773. The van der Waals surface area contributed by atoms with Crippen LogP contribution in [0.15, 0.2) is 30.3 Å². The summed E-state index contributed by atoms with van der Waals surface area (Å²) in [7, 11) is 5.98. The van der Waals surface area contributed by atoms with Crippen LogP contribution < -0.4 is 20.1 Å². The first kappa shape index (κ1) is 25.1. The summed E-state index contributed by atoms with van der Waals surface area (Å²) < 4.78 is 11.3. The lowest BCUT2D eigenvalue weighted by Gasteiger charge is -2.36. The fraction of sp³-hybridized carbons (Fsp3) is 0.519. The fourth-order valence-electron chi connectivity index (χ4n) is 4.89. The van der Waals surface area contributed by atoms with Crippen molar-refractivity contribution in [3.8, 4) is 11.5 Å². The zero-order valence-electron chi connectivity index (χ0n) is 21.0. The zero-order valence-corrected chi connectivity index (χ0v) is 21.0. The number of amides is 1. The molecule has 3 rings (SSSR count). The van der Waals surface area contributed by atoms with Gasteiger partial charge >= 0.3 is 0 Å². The first-order chi connectivity index (χ1) is 15.7. The van der Waals surface area contributed by atoms with Gasteiger partial charge in [0.2, 0.25) is 0 Å². The largest absolute Gasteiger partial charge is 0.493 e. The molecule has 0 atom stereocenters.